The van der Waals surface area contributed by atoms with Gasteiger partial charge in [0, 0.05) is 6.20 Å². The van der Waals surface area contributed by atoms with Crippen molar-refractivity contribution in [2.24, 2.45) is 0 Å². The molecule has 3 N–H and O–H groups in total. The van der Waals surface area contributed by atoms with Gasteiger partial charge in [-0.3, -0.25) is 9.52 Å². The lowest BCUT2D eigenvalue weighted by atomic mass is 10.1. The maximum atomic E-state index is 13.7. The Morgan fingerprint density at radius 3 is 2.54 bits per heavy atom. The molecule has 3 aromatic rings. The highest BCUT2D eigenvalue weighted by Crippen LogP contribution is 2.20. The monoisotopic (exact) mass is 405 g/mol. The first-order valence-corrected chi connectivity index (χ1v) is 9.76. The van der Waals surface area contributed by atoms with Crippen molar-refractivity contribution in [3.8, 4) is 0 Å². The second-order valence-corrected chi connectivity index (χ2v) is 7.77. The van der Waals surface area contributed by atoms with Gasteiger partial charge in [-0.2, -0.15) is 0 Å². The van der Waals surface area contributed by atoms with Crippen LogP contribution in [0.3, 0.4) is 0 Å². The van der Waals surface area contributed by atoms with E-state index in [0.717, 1.165) is 18.3 Å². The molecule has 1 amide bonds. The standard InChI is InChI=1S/C19H17F2N3O3S/c1-12(13-5-4-6-14(20)9-13)23-19(25)18-10-15(11-22-18)28(26,27)24-17-8-3-2-7-16(17)21/h2-12,22,24H,1H3,(H,23,25). The molecule has 0 bridgehead atoms. The van der Waals surface area contributed by atoms with Crippen LogP contribution in [0.1, 0.15) is 29.0 Å². The Morgan fingerprint density at radius 1 is 1.07 bits per heavy atom. The van der Waals surface area contributed by atoms with Gasteiger partial charge in [0.15, 0.2) is 0 Å². The fourth-order valence-corrected chi connectivity index (χ4v) is 3.60. The van der Waals surface area contributed by atoms with Crippen LogP contribution in [-0.2, 0) is 10.0 Å². The number of benzene rings is 2. The van der Waals surface area contributed by atoms with E-state index in [1.54, 1.807) is 13.0 Å². The van der Waals surface area contributed by atoms with Crippen LogP contribution >= 0.6 is 0 Å². The Kier molecular flexibility index (Phi) is 5.46. The average molecular weight is 405 g/mol. The van der Waals surface area contributed by atoms with E-state index in [1.807, 2.05) is 0 Å². The first-order valence-electron chi connectivity index (χ1n) is 8.28. The van der Waals surface area contributed by atoms with Gasteiger partial charge in [0.05, 0.1) is 11.7 Å². The Morgan fingerprint density at radius 2 is 1.82 bits per heavy atom. The molecule has 1 atom stereocenters. The summed E-state index contributed by atoms with van der Waals surface area (Å²) in [5, 5.41) is 2.65. The van der Waals surface area contributed by atoms with Crippen molar-refractivity contribution in [2.75, 3.05) is 4.72 Å². The molecular weight excluding hydrogens is 388 g/mol. The minimum atomic E-state index is -4.09. The second-order valence-electron chi connectivity index (χ2n) is 6.08. The summed E-state index contributed by atoms with van der Waals surface area (Å²) in [7, 11) is -4.09. The van der Waals surface area contributed by atoms with Crippen LogP contribution in [-0.4, -0.2) is 19.3 Å². The molecule has 1 heterocycles. The van der Waals surface area contributed by atoms with Crippen molar-refractivity contribution >= 4 is 21.6 Å². The first-order chi connectivity index (χ1) is 13.3. The van der Waals surface area contributed by atoms with Gasteiger partial charge < -0.3 is 10.3 Å². The molecule has 146 valence electrons. The molecule has 0 spiro atoms. The number of halogens is 2. The molecule has 2 aromatic carbocycles. The molecule has 6 nitrogen and oxygen atoms in total. The summed E-state index contributed by atoms with van der Waals surface area (Å²) in [6, 6.07) is 11.8. The van der Waals surface area contributed by atoms with Crippen LogP contribution in [0.5, 0.6) is 0 Å². The van der Waals surface area contributed by atoms with Crippen LogP contribution in [0.25, 0.3) is 0 Å². The van der Waals surface area contributed by atoms with Crippen LogP contribution in [0.15, 0.2) is 65.7 Å². The lowest BCUT2D eigenvalue weighted by Gasteiger charge is -2.13. The SMILES string of the molecule is CC(NC(=O)c1cc(S(=O)(=O)Nc2ccccc2F)c[nH]1)c1cccc(F)c1. The number of hydrogen-bond acceptors (Lipinski definition) is 3. The van der Waals surface area contributed by atoms with Gasteiger partial charge in [0.25, 0.3) is 15.9 Å². The van der Waals surface area contributed by atoms with Gasteiger partial charge in [-0.15, -0.1) is 0 Å². The van der Waals surface area contributed by atoms with Gasteiger partial charge in [-0.1, -0.05) is 24.3 Å². The van der Waals surface area contributed by atoms with Crippen molar-refractivity contribution in [1.29, 1.82) is 0 Å². The van der Waals surface area contributed by atoms with Gasteiger partial charge in [-0.05, 0) is 42.8 Å². The summed E-state index contributed by atoms with van der Waals surface area (Å²) in [5.41, 5.74) is 0.362. The molecule has 28 heavy (non-hydrogen) atoms. The van der Waals surface area contributed by atoms with Gasteiger partial charge in [0.2, 0.25) is 0 Å². The van der Waals surface area contributed by atoms with Crippen LogP contribution < -0.4 is 10.0 Å². The molecular formula is C19H17F2N3O3S. The summed E-state index contributed by atoms with van der Waals surface area (Å²) in [6.45, 7) is 1.67. The number of sulfonamides is 1. The topological polar surface area (TPSA) is 91.1 Å². The van der Waals surface area contributed by atoms with E-state index in [1.165, 1.54) is 36.4 Å². The lowest BCUT2D eigenvalue weighted by molar-refractivity contribution is 0.0935. The molecule has 0 aliphatic rings. The number of H-pyrrole nitrogens is 1. The molecule has 0 aliphatic carbocycles. The Balaban J connectivity index is 1.74. The Labute approximate surface area is 160 Å². The van der Waals surface area contributed by atoms with E-state index < -0.39 is 33.6 Å². The highest BCUT2D eigenvalue weighted by Gasteiger charge is 2.21. The molecule has 0 aliphatic heterocycles. The van der Waals surface area contributed by atoms with Crippen molar-refractivity contribution in [3.05, 3.63) is 83.7 Å². The third-order valence-corrected chi connectivity index (χ3v) is 5.37. The quantitative estimate of drug-likeness (QED) is 0.585. The number of hydrogen-bond donors (Lipinski definition) is 3. The normalized spacial score (nSPS) is 12.4. The smallest absolute Gasteiger partial charge is 0.268 e. The van der Waals surface area contributed by atoms with E-state index in [-0.39, 0.29) is 16.3 Å². The highest BCUT2D eigenvalue weighted by atomic mass is 32.2. The maximum absolute atomic E-state index is 13.7. The van der Waals surface area contributed by atoms with E-state index in [0.29, 0.717) is 5.56 Å². The number of amides is 1. The third-order valence-electron chi connectivity index (χ3n) is 4.03. The van der Waals surface area contributed by atoms with Gasteiger partial charge >= 0.3 is 0 Å². The van der Waals surface area contributed by atoms with E-state index >= 15 is 0 Å². The molecule has 3 rings (SSSR count). The number of anilines is 1. The number of aromatic amines is 1. The van der Waals surface area contributed by atoms with Gasteiger partial charge in [0.1, 0.15) is 22.2 Å². The summed E-state index contributed by atoms with van der Waals surface area (Å²) >= 11 is 0. The summed E-state index contributed by atoms with van der Waals surface area (Å²) in [6.07, 6.45) is 1.13. The number of carbonyl (C=O) groups is 1. The summed E-state index contributed by atoms with van der Waals surface area (Å²) < 4.78 is 53.9. The Bertz CT molecular complexity index is 1110. The molecule has 9 heteroatoms. The summed E-state index contributed by atoms with van der Waals surface area (Å²) in [5.74, 6) is -1.71. The maximum Gasteiger partial charge on any atom is 0.268 e. The molecule has 0 radical (unpaired) electrons. The highest BCUT2D eigenvalue weighted by molar-refractivity contribution is 7.92. The molecule has 1 unspecified atom stereocenters. The molecule has 0 saturated heterocycles. The zero-order chi connectivity index (χ0) is 20.3. The molecule has 1 aromatic heterocycles. The first kappa shape index (κ1) is 19.6. The number of para-hydroxylation sites is 1. The van der Waals surface area contributed by atoms with Crippen LogP contribution in [0, 0.1) is 11.6 Å². The molecule has 0 fully saturated rings. The fraction of sp³-hybridized carbons (Fsp3) is 0.105. The Hall–Kier alpha value is -3.20. The van der Waals surface area contributed by atoms with E-state index in [4.69, 9.17) is 0 Å². The second kappa shape index (κ2) is 7.81. The summed E-state index contributed by atoms with van der Waals surface area (Å²) in [4.78, 5) is 14.7. The van der Waals surface area contributed by atoms with Crippen LogP contribution in [0.4, 0.5) is 14.5 Å². The average Bonchev–Trinajstić information content (AvgIpc) is 3.15. The minimum Gasteiger partial charge on any atom is -0.356 e. The minimum absolute atomic E-state index is 0.00263. The largest absolute Gasteiger partial charge is 0.356 e. The molecule has 0 saturated carbocycles. The number of nitrogens with one attached hydrogen (secondary N) is 3. The number of rotatable bonds is 6. The number of aromatic nitrogens is 1. The zero-order valence-electron chi connectivity index (χ0n) is 14.7. The van der Waals surface area contributed by atoms with Crippen molar-refractivity contribution < 1.29 is 22.0 Å². The predicted octanol–water partition coefficient (Wildman–Crippen LogP) is 3.58. The third kappa shape index (κ3) is 4.37. The number of carbonyl (C=O) groups excluding carboxylic acids is 1. The van der Waals surface area contributed by atoms with Crippen LogP contribution in [0.2, 0.25) is 0 Å². The van der Waals surface area contributed by atoms with E-state index in [2.05, 4.69) is 15.0 Å². The van der Waals surface area contributed by atoms with E-state index in [9.17, 15) is 22.0 Å². The van der Waals surface area contributed by atoms with Gasteiger partial charge in [-0.25, -0.2) is 17.2 Å². The predicted molar refractivity (Wildman–Crippen MR) is 100 cm³/mol. The van der Waals surface area contributed by atoms with Crippen molar-refractivity contribution in [2.45, 2.75) is 17.9 Å². The zero-order valence-corrected chi connectivity index (χ0v) is 15.6. The van der Waals surface area contributed by atoms with Crippen molar-refractivity contribution in [3.63, 3.8) is 0 Å². The lowest BCUT2D eigenvalue weighted by Crippen LogP contribution is -2.27. The van der Waals surface area contributed by atoms with Crippen molar-refractivity contribution in [1.82, 2.24) is 10.3 Å². The fourth-order valence-electron chi connectivity index (χ4n) is 2.54.